The van der Waals surface area contributed by atoms with Crippen molar-refractivity contribution < 1.29 is 0 Å². The van der Waals surface area contributed by atoms with Gasteiger partial charge in [-0.1, -0.05) is 18.2 Å². The summed E-state index contributed by atoms with van der Waals surface area (Å²) >= 11 is 1.70. The summed E-state index contributed by atoms with van der Waals surface area (Å²) in [4.78, 5) is 10.4. The van der Waals surface area contributed by atoms with E-state index in [1.54, 1.807) is 11.3 Å². The molecule has 0 spiro atoms. The maximum absolute atomic E-state index is 4.76. The van der Waals surface area contributed by atoms with Gasteiger partial charge in [0.15, 0.2) is 5.96 Å². The van der Waals surface area contributed by atoms with Gasteiger partial charge in [0.25, 0.3) is 0 Å². The van der Waals surface area contributed by atoms with Crippen molar-refractivity contribution in [3.8, 4) is 5.69 Å². The quantitative estimate of drug-likeness (QED) is 0.506. The van der Waals surface area contributed by atoms with Crippen LogP contribution in [0.3, 0.4) is 0 Å². The average molecular weight is 383 g/mol. The van der Waals surface area contributed by atoms with E-state index in [9.17, 15) is 0 Å². The molecule has 0 aliphatic heterocycles. The average Bonchev–Trinajstić information content (AvgIpc) is 3.22. The molecule has 2 aromatic heterocycles. The summed E-state index contributed by atoms with van der Waals surface area (Å²) in [6, 6.07) is 10.3. The Morgan fingerprint density at radius 2 is 2.00 bits per heavy atom. The van der Waals surface area contributed by atoms with Crippen LogP contribution in [0.1, 0.15) is 33.8 Å². The largest absolute Gasteiger partial charge is 0.357 e. The highest BCUT2D eigenvalue weighted by molar-refractivity contribution is 7.11. The van der Waals surface area contributed by atoms with Crippen molar-refractivity contribution in [3.05, 3.63) is 63.4 Å². The van der Waals surface area contributed by atoms with Crippen molar-refractivity contribution in [1.82, 2.24) is 25.4 Å². The first-order valence-corrected chi connectivity index (χ1v) is 9.93. The van der Waals surface area contributed by atoms with Crippen LogP contribution in [0.2, 0.25) is 0 Å². The first kappa shape index (κ1) is 19.1. The number of rotatable bonds is 6. The number of aromatic nitrogens is 3. The Morgan fingerprint density at radius 3 is 2.67 bits per heavy atom. The molecule has 0 bridgehead atoms. The summed E-state index contributed by atoms with van der Waals surface area (Å²) in [7, 11) is 0. The molecule has 1 aromatic carbocycles. The number of thiazole rings is 1. The van der Waals surface area contributed by atoms with Crippen LogP contribution in [0, 0.1) is 20.8 Å². The predicted octanol–water partition coefficient (Wildman–Crippen LogP) is 3.51. The molecule has 3 aromatic rings. The Bertz CT molecular complexity index is 924. The lowest BCUT2D eigenvalue weighted by Crippen LogP contribution is -2.36. The van der Waals surface area contributed by atoms with Crippen LogP contribution in [0.5, 0.6) is 0 Å². The van der Waals surface area contributed by atoms with E-state index in [0.29, 0.717) is 13.1 Å². The van der Waals surface area contributed by atoms with E-state index in [-0.39, 0.29) is 0 Å². The van der Waals surface area contributed by atoms with Gasteiger partial charge in [-0.2, -0.15) is 5.10 Å². The minimum Gasteiger partial charge on any atom is -0.357 e. The molecule has 0 saturated heterocycles. The van der Waals surface area contributed by atoms with Crippen LogP contribution in [0.25, 0.3) is 5.69 Å². The van der Waals surface area contributed by atoms with E-state index < -0.39 is 0 Å². The second kappa shape index (κ2) is 8.81. The van der Waals surface area contributed by atoms with Crippen molar-refractivity contribution in [3.63, 3.8) is 0 Å². The third kappa shape index (κ3) is 4.95. The molecule has 27 heavy (non-hydrogen) atoms. The van der Waals surface area contributed by atoms with Crippen molar-refractivity contribution in [2.45, 2.75) is 40.8 Å². The summed E-state index contributed by atoms with van der Waals surface area (Å²) in [6.45, 7) is 10.3. The highest BCUT2D eigenvalue weighted by Crippen LogP contribution is 2.18. The first-order chi connectivity index (χ1) is 13.1. The molecule has 6 nitrogen and oxygen atoms in total. The van der Waals surface area contributed by atoms with Gasteiger partial charge in [-0.05, 0) is 45.4 Å². The normalized spacial score (nSPS) is 11.6. The molecule has 0 atom stereocenters. The molecule has 0 amide bonds. The lowest BCUT2D eigenvalue weighted by Gasteiger charge is -2.12. The maximum atomic E-state index is 4.76. The Balaban J connectivity index is 1.77. The van der Waals surface area contributed by atoms with Gasteiger partial charge in [-0.3, -0.25) is 0 Å². The Hall–Kier alpha value is -2.67. The molecule has 2 heterocycles. The molecule has 2 N–H and O–H groups in total. The third-order valence-electron chi connectivity index (χ3n) is 4.06. The number of hydrogen-bond donors (Lipinski definition) is 2. The fourth-order valence-corrected chi connectivity index (χ4v) is 3.60. The number of aliphatic imine (C=N–C) groups is 1. The van der Waals surface area contributed by atoms with E-state index in [1.165, 1.54) is 4.88 Å². The Labute approximate surface area is 164 Å². The molecule has 0 aliphatic rings. The highest BCUT2D eigenvalue weighted by Gasteiger charge is 2.09. The zero-order valence-electron chi connectivity index (χ0n) is 16.3. The van der Waals surface area contributed by atoms with Crippen molar-refractivity contribution in [1.29, 1.82) is 0 Å². The van der Waals surface area contributed by atoms with Crippen LogP contribution in [-0.2, 0) is 13.1 Å². The minimum absolute atomic E-state index is 0.570. The second-order valence-corrected chi connectivity index (χ2v) is 7.70. The maximum Gasteiger partial charge on any atom is 0.191 e. The molecule has 142 valence electrons. The molecule has 0 fully saturated rings. The van der Waals surface area contributed by atoms with Gasteiger partial charge in [0.2, 0.25) is 0 Å². The van der Waals surface area contributed by atoms with Crippen LogP contribution in [0.4, 0.5) is 0 Å². The fourth-order valence-electron chi connectivity index (χ4n) is 2.87. The lowest BCUT2D eigenvalue weighted by molar-refractivity contribution is 0.798. The Morgan fingerprint density at radius 1 is 1.19 bits per heavy atom. The molecule has 7 heteroatoms. The molecule has 3 rings (SSSR count). The number of benzene rings is 1. The third-order valence-corrected chi connectivity index (χ3v) is 4.97. The van der Waals surface area contributed by atoms with Gasteiger partial charge in [-0.25, -0.2) is 14.7 Å². The summed E-state index contributed by atoms with van der Waals surface area (Å²) in [5.41, 5.74) is 4.33. The van der Waals surface area contributed by atoms with E-state index in [2.05, 4.69) is 59.7 Å². The van der Waals surface area contributed by atoms with Crippen molar-refractivity contribution >= 4 is 17.3 Å². The van der Waals surface area contributed by atoms with E-state index >= 15 is 0 Å². The summed E-state index contributed by atoms with van der Waals surface area (Å²) in [5, 5.41) is 12.3. The number of nitrogens with zero attached hydrogens (tertiary/aromatic N) is 4. The van der Waals surface area contributed by atoms with Crippen LogP contribution >= 0.6 is 11.3 Å². The van der Waals surface area contributed by atoms with Gasteiger partial charge >= 0.3 is 0 Å². The predicted molar refractivity (Wildman–Crippen MR) is 112 cm³/mol. The summed E-state index contributed by atoms with van der Waals surface area (Å²) in [5.74, 6) is 0.786. The standard InChI is InChI=1S/C20H26N6S/c1-5-21-20(24-13-19-22-11-16(4)27-19)23-12-17-8-6-7-9-18(17)26-15(3)10-14(2)25-26/h6-11H,5,12-13H2,1-4H3,(H2,21,23,24). The van der Waals surface area contributed by atoms with E-state index in [0.717, 1.165) is 40.2 Å². The fraction of sp³-hybridized carbons (Fsp3) is 0.350. The SMILES string of the molecule is CCNC(=NCc1ccccc1-n1nc(C)cc1C)NCc1ncc(C)s1. The summed E-state index contributed by atoms with van der Waals surface area (Å²) < 4.78 is 1.99. The van der Waals surface area contributed by atoms with Crippen LogP contribution in [0.15, 0.2) is 41.5 Å². The molecule has 0 radical (unpaired) electrons. The van der Waals surface area contributed by atoms with E-state index in [1.807, 2.05) is 29.9 Å². The molecule has 0 saturated carbocycles. The first-order valence-electron chi connectivity index (χ1n) is 9.12. The second-order valence-electron chi connectivity index (χ2n) is 6.38. The van der Waals surface area contributed by atoms with Gasteiger partial charge in [0.05, 0.1) is 24.5 Å². The number of guanidine groups is 1. The highest BCUT2D eigenvalue weighted by atomic mass is 32.1. The topological polar surface area (TPSA) is 67.1 Å². The van der Waals surface area contributed by atoms with Crippen LogP contribution in [-0.4, -0.2) is 27.3 Å². The number of nitrogens with one attached hydrogen (secondary N) is 2. The minimum atomic E-state index is 0.570. The van der Waals surface area contributed by atoms with Gasteiger partial charge in [0, 0.05) is 23.3 Å². The Kier molecular flexibility index (Phi) is 6.24. The van der Waals surface area contributed by atoms with Crippen LogP contribution < -0.4 is 10.6 Å². The monoisotopic (exact) mass is 382 g/mol. The van der Waals surface area contributed by atoms with Gasteiger partial charge < -0.3 is 10.6 Å². The number of para-hydroxylation sites is 1. The molecular formula is C20H26N6S. The van der Waals surface area contributed by atoms with Crippen molar-refractivity contribution in [2.24, 2.45) is 4.99 Å². The summed E-state index contributed by atoms with van der Waals surface area (Å²) in [6.07, 6.45) is 1.90. The number of aryl methyl sites for hydroxylation is 3. The lowest BCUT2D eigenvalue weighted by atomic mass is 10.2. The zero-order valence-corrected chi connectivity index (χ0v) is 17.1. The molecule has 0 unspecified atom stereocenters. The molecule has 0 aliphatic carbocycles. The smallest absolute Gasteiger partial charge is 0.191 e. The van der Waals surface area contributed by atoms with Crippen molar-refractivity contribution in [2.75, 3.05) is 6.54 Å². The number of hydrogen-bond acceptors (Lipinski definition) is 4. The van der Waals surface area contributed by atoms with Gasteiger partial charge in [-0.15, -0.1) is 11.3 Å². The van der Waals surface area contributed by atoms with Gasteiger partial charge in [0.1, 0.15) is 5.01 Å². The molecular weight excluding hydrogens is 356 g/mol. The zero-order chi connectivity index (χ0) is 19.2. The van der Waals surface area contributed by atoms with E-state index in [4.69, 9.17) is 4.99 Å².